The molecule has 1 atom stereocenters. The molecule has 0 aliphatic heterocycles. The van der Waals surface area contributed by atoms with Gasteiger partial charge in [0.1, 0.15) is 6.04 Å². The maximum absolute atomic E-state index is 11.2. The van der Waals surface area contributed by atoms with Crippen molar-refractivity contribution in [3.05, 3.63) is 0 Å². The molecule has 0 spiro atoms. The van der Waals surface area contributed by atoms with Gasteiger partial charge in [0.2, 0.25) is 0 Å². The summed E-state index contributed by atoms with van der Waals surface area (Å²) in [5, 5.41) is 12.4. The summed E-state index contributed by atoms with van der Waals surface area (Å²) in [6.45, 7) is 0. The van der Waals surface area contributed by atoms with E-state index in [0.717, 1.165) is 0 Å². The van der Waals surface area contributed by atoms with Gasteiger partial charge in [-0.05, 0) is 18.4 Å². The molecule has 4 N–H and O–H groups in total. The first-order valence-electron chi connectivity index (χ1n) is 3.85. The van der Waals surface area contributed by atoms with Gasteiger partial charge in [0.05, 0.1) is 0 Å². The fraction of sp³-hybridized carbons (Fsp3) is 0.571. The summed E-state index contributed by atoms with van der Waals surface area (Å²) in [6, 6.07) is -1.51. The maximum Gasteiger partial charge on any atom is 0.312 e. The number of nitrogens with two attached hydrogens (primary N) is 1. The first-order valence-corrected chi connectivity index (χ1v) is 5.25. The van der Waals surface area contributed by atoms with Gasteiger partial charge in [-0.1, -0.05) is 0 Å². The molecule has 3 amide bonds. The van der Waals surface area contributed by atoms with Crippen molar-refractivity contribution < 1.29 is 9.59 Å². The fourth-order valence-corrected chi connectivity index (χ4v) is 1.29. The Bertz CT molecular complexity index is 251. The van der Waals surface area contributed by atoms with Crippen LogP contribution in [0.5, 0.6) is 0 Å². The molecule has 0 aromatic rings. The Balaban J connectivity index is 4.16. The van der Waals surface area contributed by atoms with Crippen LogP contribution in [0.1, 0.15) is 6.42 Å². The van der Waals surface area contributed by atoms with Gasteiger partial charge in [0.25, 0.3) is 5.91 Å². The third-order valence-corrected chi connectivity index (χ3v) is 2.07. The largest absolute Gasteiger partial charge is 0.352 e. The Morgan fingerprint density at radius 2 is 2.29 bits per heavy atom. The molecule has 0 radical (unpaired) electrons. The SMILES string of the molecule is CSCCC(NC(N)=O)C(=O)NC#N. The fourth-order valence-electron chi connectivity index (χ4n) is 0.818. The van der Waals surface area contributed by atoms with Gasteiger partial charge < -0.3 is 11.1 Å². The average Bonchev–Trinajstić information content (AvgIpc) is 2.12. The second kappa shape index (κ2) is 7.03. The van der Waals surface area contributed by atoms with E-state index in [1.54, 1.807) is 0 Å². The van der Waals surface area contributed by atoms with Crippen LogP contribution in [0.3, 0.4) is 0 Å². The summed E-state index contributed by atoms with van der Waals surface area (Å²) < 4.78 is 0. The van der Waals surface area contributed by atoms with Gasteiger partial charge in [-0.25, -0.2) is 4.79 Å². The first kappa shape index (κ1) is 12.6. The number of nitriles is 1. The first-order chi connectivity index (χ1) is 6.61. The van der Waals surface area contributed by atoms with Crippen molar-refractivity contribution in [1.82, 2.24) is 10.6 Å². The second-order valence-electron chi connectivity index (χ2n) is 2.44. The van der Waals surface area contributed by atoms with Crippen molar-refractivity contribution in [3.8, 4) is 6.19 Å². The summed E-state index contributed by atoms with van der Waals surface area (Å²) >= 11 is 1.54. The number of thioether (sulfide) groups is 1. The van der Waals surface area contributed by atoms with Gasteiger partial charge >= 0.3 is 6.03 Å². The zero-order valence-corrected chi connectivity index (χ0v) is 8.56. The lowest BCUT2D eigenvalue weighted by atomic mass is 10.2. The molecule has 0 aromatic heterocycles. The molecular weight excluding hydrogens is 204 g/mol. The van der Waals surface area contributed by atoms with Crippen molar-refractivity contribution in [2.45, 2.75) is 12.5 Å². The molecule has 0 rings (SSSR count). The lowest BCUT2D eigenvalue weighted by Gasteiger charge is -2.13. The van der Waals surface area contributed by atoms with Crippen molar-refractivity contribution in [3.63, 3.8) is 0 Å². The van der Waals surface area contributed by atoms with Crippen LogP contribution in [0.4, 0.5) is 4.79 Å². The molecule has 0 bridgehead atoms. The number of amides is 3. The van der Waals surface area contributed by atoms with Crippen LogP contribution in [-0.4, -0.2) is 30.0 Å². The monoisotopic (exact) mass is 216 g/mol. The summed E-state index contributed by atoms with van der Waals surface area (Å²) in [7, 11) is 0. The highest BCUT2D eigenvalue weighted by Crippen LogP contribution is 2.00. The standard InChI is InChI=1S/C7H12N4O2S/c1-14-3-2-5(11-7(9)13)6(12)10-4-8/h5H,2-3H2,1H3,(H,10,12)(H3,9,11,13). The Kier molecular flexibility index (Phi) is 6.32. The van der Waals surface area contributed by atoms with Gasteiger partial charge in [0.15, 0.2) is 6.19 Å². The summed E-state index contributed by atoms with van der Waals surface area (Å²) in [4.78, 5) is 21.7. The summed E-state index contributed by atoms with van der Waals surface area (Å²) in [6.07, 6.45) is 3.82. The zero-order valence-electron chi connectivity index (χ0n) is 7.74. The van der Waals surface area contributed by atoms with Gasteiger partial charge in [-0.15, -0.1) is 0 Å². The normalized spacial score (nSPS) is 11.1. The number of nitrogens with zero attached hydrogens (tertiary/aromatic N) is 1. The van der Waals surface area contributed by atoms with Gasteiger partial charge in [0, 0.05) is 0 Å². The quantitative estimate of drug-likeness (QED) is 0.420. The third kappa shape index (κ3) is 5.27. The second-order valence-corrected chi connectivity index (χ2v) is 3.43. The maximum atomic E-state index is 11.2. The van der Waals surface area contributed by atoms with Crippen LogP contribution in [0, 0.1) is 11.5 Å². The highest BCUT2D eigenvalue weighted by molar-refractivity contribution is 7.98. The highest BCUT2D eigenvalue weighted by atomic mass is 32.2. The molecule has 0 aliphatic rings. The Morgan fingerprint density at radius 3 is 2.71 bits per heavy atom. The number of hydrogen-bond donors (Lipinski definition) is 3. The number of carbonyl (C=O) groups is 2. The molecule has 0 fully saturated rings. The van der Waals surface area contributed by atoms with E-state index in [1.165, 1.54) is 18.0 Å². The molecule has 0 heterocycles. The van der Waals surface area contributed by atoms with Crippen molar-refractivity contribution >= 4 is 23.7 Å². The Hall–Kier alpha value is -1.42. The van der Waals surface area contributed by atoms with E-state index in [9.17, 15) is 9.59 Å². The molecule has 0 saturated carbocycles. The number of hydrogen-bond acceptors (Lipinski definition) is 4. The molecular formula is C7H12N4O2S. The number of carbonyl (C=O) groups excluding carboxylic acids is 2. The van der Waals surface area contributed by atoms with E-state index >= 15 is 0 Å². The average molecular weight is 216 g/mol. The lowest BCUT2D eigenvalue weighted by Crippen LogP contribution is -2.47. The van der Waals surface area contributed by atoms with Crippen LogP contribution in [0.2, 0.25) is 0 Å². The molecule has 7 heteroatoms. The minimum absolute atomic E-state index is 0.442. The van der Waals surface area contributed by atoms with E-state index in [4.69, 9.17) is 11.0 Å². The van der Waals surface area contributed by atoms with Gasteiger partial charge in [-0.3, -0.25) is 10.1 Å². The van der Waals surface area contributed by atoms with E-state index in [0.29, 0.717) is 12.2 Å². The van der Waals surface area contributed by atoms with Gasteiger partial charge in [-0.2, -0.15) is 17.0 Å². The van der Waals surface area contributed by atoms with Crippen LogP contribution in [0.25, 0.3) is 0 Å². The number of rotatable bonds is 5. The minimum atomic E-state index is -0.774. The van der Waals surface area contributed by atoms with Crippen LogP contribution >= 0.6 is 11.8 Å². The van der Waals surface area contributed by atoms with E-state index in [1.807, 2.05) is 11.6 Å². The zero-order chi connectivity index (χ0) is 11.0. The molecule has 6 nitrogen and oxygen atoms in total. The predicted molar refractivity (Wildman–Crippen MR) is 53.3 cm³/mol. The summed E-state index contributed by atoms with van der Waals surface area (Å²) in [5.74, 6) is 0.157. The van der Waals surface area contributed by atoms with E-state index in [-0.39, 0.29) is 0 Å². The lowest BCUT2D eigenvalue weighted by molar-refractivity contribution is -0.121. The van der Waals surface area contributed by atoms with Crippen molar-refractivity contribution in [2.24, 2.45) is 5.73 Å². The molecule has 1 unspecified atom stereocenters. The van der Waals surface area contributed by atoms with Crippen molar-refractivity contribution in [1.29, 1.82) is 5.26 Å². The predicted octanol–water partition coefficient (Wildman–Crippen LogP) is -0.626. The number of urea groups is 1. The summed E-state index contributed by atoms with van der Waals surface area (Å²) in [5.41, 5.74) is 4.88. The third-order valence-electron chi connectivity index (χ3n) is 1.42. The van der Waals surface area contributed by atoms with E-state index in [2.05, 4.69) is 5.32 Å². The smallest absolute Gasteiger partial charge is 0.312 e. The Labute approximate surface area is 86.2 Å². The topological polar surface area (TPSA) is 108 Å². The molecule has 78 valence electrons. The molecule has 14 heavy (non-hydrogen) atoms. The molecule has 0 saturated heterocycles. The molecule has 0 aliphatic carbocycles. The number of nitrogens with one attached hydrogen (secondary N) is 2. The Morgan fingerprint density at radius 1 is 1.64 bits per heavy atom. The highest BCUT2D eigenvalue weighted by Gasteiger charge is 2.18. The van der Waals surface area contributed by atoms with Crippen LogP contribution in [-0.2, 0) is 4.79 Å². The number of primary amides is 1. The van der Waals surface area contributed by atoms with E-state index < -0.39 is 18.0 Å². The van der Waals surface area contributed by atoms with Crippen LogP contribution in [0.15, 0.2) is 0 Å². The molecule has 0 aromatic carbocycles. The van der Waals surface area contributed by atoms with Crippen LogP contribution < -0.4 is 16.4 Å². The minimum Gasteiger partial charge on any atom is -0.352 e. The van der Waals surface area contributed by atoms with Crippen molar-refractivity contribution in [2.75, 3.05) is 12.0 Å².